The zero-order chi connectivity index (χ0) is 19.9. The van der Waals surface area contributed by atoms with E-state index in [0.29, 0.717) is 16.7 Å². The summed E-state index contributed by atoms with van der Waals surface area (Å²) in [5, 5.41) is 2.15. The molecule has 28 heavy (non-hydrogen) atoms. The number of aryl methyl sites for hydroxylation is 1. The van der Waals surface area contributed by atoms with Gasteiger partial charge in [-0.15, -0.1) is 0 Å². The smallest absolute Gasteiger partial charge is 0.489 e. The maximum atomic E-state index is 12.0. The van der Waals surface area contributed by atoms with E-state index in [9.17, 15) is 13.2 Å². The molecule has 0 atom stereocenters. The number of alkyl halides is 1. The van der Waals surface area contributed by atoms with E-state index >= 15 is 0 Å². The number of carbonyl (C=O) groups is 1. The molecule has 146 valence electrons. The van der Waals surface area contributed by atoms with Crippen LogP contribution in [0.3, 0.4) is 0 Å². The molecule has 2 rings (SSSR count). The Morgan fingerprint density at radius 1 is 1.25 bits per heavy atom. The van der Waals surface area contributed by atoms with Crippen molar-refractivity contribution in [2.45, 2.75) is 6.92 Å². The molecule has 1 heterocycles. The maximum Gasteiger partial charge on any atom is 1.00 e. The first kappa shape index (κ1) is 24.7. The third-order valence-electron chi connectivity index (χ3n) is 2.83. The molecule has 0 bridgehead atoms. The SMILES string of the molecule is COc1cc(C)nc(NC(=O)[N-]S(=O)(=O)Oc2ccccc2OCCI)n1.[Na+]. The van der Waals surface area contributed by atoms with E-state index in [0.717, 1.165) is 0 Å². The van der Waals surface area contributed by atoms with Gasteiger partial charge in [0.25, 0.3) is 0 Å². The summed E-state index contributed by atoms with van der Waals surface area (Å²) in [4.78, 5) is 19.7. The quantitative estimate of drug-likeness (QED) is 0.283. The summed E-state index contributed by atoms with van der Waals surface area (Å²) < 4.78 is 43.0. The van der Waals surface area contributed by atoms with Gasteiger partial charge in [0.2, 0.25) is 5.88 Å². The van der Waals surface area contributed by atoms with Crippen LogP contribution in [-0.4, -0.2) is 42.6 Å². The van der Waals surface area contributed by atoms with Gasteiger partial charge in [0.05, 0.1) is 13.7 Å². The van der Waals surface area contributed by atoms with Crippen LogP contribution in [0.4, 0.5) is 10.7 Å². The minimum Gasteiger partial charge on any atom is -0.489 e. The van der Waals surface area contributed by atoms with Crippen LogP contribution >= 0.6 is 22.6 Å². The van der Waals surface area contributed by atoms with Crippen LogP contribution in [-0.2, 0) is 10.3 Å². The monoisotopic (exact) mass is 530 g/mol. The second kappa shape index (κ2) is 11.6. The van der Waals surface area contributed by atoms with Gasteiger partial charge in [0, 0.05) is 16.2 Å². The van der Waals surface area contributed by atoms with Crippen molar-refractivity contribution in [2.75, 3.05) is 23.5 Å². The van der Waals surface area contributed by atoms with Crippen molar-refractivity contribution in [2.24, 2.45) is 0 Å². The number of halogens is 1. The van der Waals surface area contributed by atoms with Crippen molar-refractivity contribution >= 4 is 44.9 Å². The van der Waals surface area contributed by atoms with Gasteiger partial charge in [-0.2, -0.15) is 13.4 Å². The van der Waals surface area contributed by atoms with Gasteiger partial charge in [-0.3, -0.25) is 9.52 Å². The molecule has 0 unspecified atom stereocenters. The van der Waals surface area contributed by atoms with E-state index < -0.39 is 16.3 Å². The van der Waals surface area contributed by atoms with Gasteiger partial charge in [-0.1, -0.05) is 34.7 Å². The molecule has 0 aliphatic carbocycles. The number of amides is 2. The number of ether oxygens (including phenoxy) is 2. The predicted molar refractivity (Wildman–Crippen MR) is 106 cm³/mol. The van der Waals surface area contributed by atoms with E-state index in [1.807, 2.05) is 0 Å². The van der Waals surface area contributed by atoms with Crippen LogP contribution in [0.5, 0.6) is 17.4 Å². The van der Waals surface area contributed by atoms with E-state index in [4.69, 9.17) is 13.7 Å². The number of para-hydroxylation sites is 2. The molecule has 1 N–H and O–H groups in total. The summed E-state index contributed by atoms with van der Waals surface area (Å²) in [6.07, 6.45) is 0. The van der Waals surface area contributed by atoms with E-state index in [-0.39, 0.29) is 52.9 Å². The Hall–Kier alpha value is -1.35. The van der Waals surface area contributed by atoms with E-state index in [2.05, 4.69) is 42.6 Å². The summed E-state index contributed by atoms with van der Waals surface area (Å²) in [6, 6.07) is 6.49. The standard InChI is InChI=1S/C15H17IN4O6S.Na/c1-10-9-13(24-2)18-14(17-10)19-15(21)20-27(22,23)26-12-6-4-3-5-11(12)25-8-7-16;/h3-6,9H,7-8H2,1-2H3,(H2,17,18,19,20,21);/q;+1/p-1. The van der Waals surface area contributed by atoms with Gasteiger partial charge in [-0.25, -0.2) is 4.98 Å². The zero-order valence-corrected chi connectivity index (χ0v) is 20.4. The minimum absolute atomic E-state index is 0. The first-order valence-electron chi connectivity index (χ1n) is 7.49. The average Bonchev–Trinajstić information content (AvgIpc) is 2.59. The summed E-state index contributed by atoms with van der Waals surface area (Å²) in [5.74, 6) is 0.201. The summed E-state index contributed by atoms with van der Waals surface area (Å²) >= 11 is 2.11. The van der Waals surface area contributed by atoms with Gasteiger partial charge in [-0.05, 0) is 19.1 Å². The molecule has 0 fully saturated rings. The number of nitrogens with zero attached hydrogens (tertiary/aromatic N) is 3. The number of rotatable bonds is 8. The minimum atomic E-state index is -4.58. The third kappa shape index (κ3) is 7.95. The van der Waals surface area contributed by atoms with Crippen molar-refractivity contribution in [1.29, 1.82) is 0 Å². The molecule has 0 saturated heterocycles. The molecule has 1 aromatic heterocycles. The van der Waals surface area contributed by atoms with Crippen LogP contribution in [0.25, 0.3) is 4.72 Å². The first-order chi connectivity index (χ1) is 12.8. The Morgan fingerprint density at radius 2 is 1.93 bits per heavy atom. The summed E-state index contributed by atoms with van der Waals surface area (Å²) in [7, 11) is -3.19. The van der Waals surface area contributed by atoms with Crippen LogP contribution in [0.2, 0.25) is 0 Å². The van der Waals surface area contributed by atoms with Gasteiger partial charge in [0.1, 0.15) is 5.95 Å². The molecule has 1 aromatic carbocycles. The van der Waals surface area contributed by atoms with Crippen LogP contribution < -0.4 is 48.5 Å². The van der Waals surface area contributed by atoms with Gasteiger partial charge in [0.15, 0.2) is 17.5 Å². The summed E-state index contributed by atoms with van der Waals surface area (Å²) in [5.41, 5.74) is 0.512. The van der Waals surface area contributed by atoms with Crippen LogP contribution in [0.15, 0.2) is 30.3 Å². The molecule has 0 aliphatic heterocycles. The molecule has 0 aliphatic rings. The number of benzene rings is 1. The molecular weight excluding hydrogens is 514 g/mol. The second-order valence-corrected chi connectivity index (χ2v) is 7.18. The Balaban J connectivity index is 0.00000392. The maximum absolute atomic E-state index is 12.0. The predicted octanol–water partition coefficient (Wildman–Crippen LogP) is -0.159. The first-order valence-corrected chi connectivity index (χ1v) is 10.4. The molecule has 0 spiro atoms. The number of aromatic nitrogens is 2. The number of anilines is 1. The topological polar surface area (TPSA) is 131 Å². The van der Waals surface area contributed by atoms with Crippen molar-refractivity contribution in [1.82, 2.24) is 9.97 Å². The molecule has 0 radical (unpaired) electrons. The normalized spacial score (nSPS) is 10.4. The van der Waals surface area contributed by atoms with Crippen LogP contribution in [0, 0.1) is 6.92 Å². The number of carbonyl (C=O) groups excluding carboxylic acids is 1. The number of hydrogen-bond acceptors (Lipinski definition) is 8. The van der Waals surface area contributed by atoms with Gasteiger partial charge < -0.3 is 19.0 Å². The molecule has 10 nitrogen and oxygen atoms in total. The number of hydrogen-bond donors (Lipinski definition) is 1. The zero-order valence-electron chi connectivity index (χ0n) is 15.4. The molecule has 13 heteroatoms. The fourth-order valence-electron chi connectivity index (χ4n) is 1.84. The van der Waals surface area contributed by atoms with Crippen molar-refractivity contribution in [3.05, 3.63) is 40.7 Å². The average molecular weight is 530 g/mol. The Kier molecular flexibility index (Phi) is 10.2. The van der Waals surface area contributed by atoms with Crippen molar-refractivity contribution in [3.8, 4) is 17.4 Å². The summed E-state index contributed by atoms with van der Waals surface area (Å²) in [6.45, 7) is 2.02. The van der Waals surface area contributed by atoms with Crippen LogP contribution in [0.1, 0.15) is 5.69 Å². The molecule has 2 amide bonds. The van der Waals surface area contributed by atoms with E-state index in [1.165, 1.54) is 13.2 Å². The van der Waals surface area contributed by atoms with E-state index in [1.54, 1.807) is 31.2 Å². The number of methoxy groups -OCH3 is 1. The number of urea groups is 1. The Bertz CT molecular complexity index is 915. The third-order valence-corrected chi connectivity index (χ3v) is 4.05. The molecule has 2 aromatic rings. The van der Waals surface area contributed by atoms with Crippen molar-refractivity contribution < 1.29 is 56.4 Å². The molecule has 0 saturated carbocycles. The Morgan fingerprint density at radius 3 is 2.57 bits per heavy atom. The fraction of sp³-hybridized carbons (Fsp3) is 0.267. The fourth-order valence-corrected chi connectivity index (χ4v) is 2.71. The number of nitrogens with one attached hydrogen (secondary N) is 1. The van der Waals surface area contributed by atoms with Crippen molar-refractivity contribution in [3.63, 3.8) is 0 Å². The second-order valence-electron chi connectivity index (χ2n) is 4.89. The largest absolute Gasteiger partial charge is 1.00 e. The Labute approximate surface area is 198 Å². The van der Waals surface area contributed by atoms with Gasteiger partial charge >= 0.3 is 39.9 Å². The molecular formula is C15H16IN4NaO6S.